The lowest BCUT2D eigenvalue weighted by molar-refractivity contribution is 0.00832. The molecule has 0 atom stereocenters. The van der Waals surface area contributed by atoms with Gasteiger partial charge >= 0.3 is 11.8 Å². The zero-order valence-corrected chi connectivity index (χ0v) is 20.5. The van der Waals surface area contributed by atoms with Crippen LogP contribution in [0.5, 0.6) is 0 Å². The molecule has 0 fully saturated rings. The van der Waals surface area contributed by atoms with Crippen LogP contribution in [0.25, 0.3) is 21.6 Å². The SMILES string of the molecule is CC1=C(C(=C(c2cc(-c3ccccc3)sc2C)C(F)(F)CF)C(F)(F)CF)C=C(c2ccccc2)C1. The van der Waals surface area contributed by atoms with Crippen molar-refractivity contribution < 1.29 is 26.3 Å². The molecule has 0 bridgehead atoms. The van der Waals surface area contributed by atoms with Crippen LogP contribution in [0.2, 0.25) is 0 Å². The maximum absolute atomic E-state index is 15.3. The van der Waals surface area contributed by atoms with Gasteiger partial charge in [-0.05, 0) is 54.2 Å². The Morgan fingerprint density at radius 3 is 1.86 bits per heavy atom. The third kappa shape index (κ3) is 4.94. The fourth-order valence-electron chi connectivity index (χ4n) is 4.49. The van der Waals surface area contributed by atoms with E-state index in [4.69, 9.17) is 0 Å². The van der Waals surface area contributed by atoms with E-state index in [-0.39, 0.29) is 17.6 Å². The molecule has 0 radical (unpaired) electrons. The second-order valence-corrected chi connectivity index (χ2v) is 10.0. The molecule has 1 aliphatic rings. The molecule has 3 aromatic rings. The molecule has 1 heterocycles. The molecule has 0 aliphatic heterocycles. The summed E-state index contributed by atoms with van der Waals surface area (Å²) in [6.07, 6.45) is 1.63. The average molecular weight is 519 g/mol. The minimum Gasteiger partial charge on any atom is -0.244 e. The van der Waals surface area contributed by atoms with E-state index in [1.807, 2.05) is 0 Å². The van der Waals surface area contributed by atoms with Gasteiger partial charge in [-0.25, -0.2) is 8.78 Å². The molecular weight excluding hydrogens is 494 g/mol. The Morgan fingerprint density at radius 2 is 1.31 bits per heavy atom. The van der Waals surface area contributed by atoms with E-state index in [0.29, 0.717) is 26.5 Å². The van der Waals surface area contributed by atoms with Crippen LogP contribution in [0.3, 0.4) is 0 Å². The Kier molecular flexibility index (Phi) is 7.32. The van der Waals surface area contributed by atoms with Crippen molar-refractivity contribution in [2.75, 3.05) is 13.3 Å². The summed E-state index contributed by atoms with van der Waals surface area (Å²) in [5.74, 6) is -8.52. The van der Waals surface area contributed by atoms with Crippen molar-refractivity contribution in [3.63, 3.8) is 0 Å². The van der Waals surface area contributed by atoms with Crippen LogP contribution in [-0.4, -0.2) is 25.2 Å². The highest BCUT2D eigenvalue weighted by atomic mass is 32.1. The normalized spacial score (nSPS) is 15.3. The Bertz CT molecular complexity index is 1330. The fraction of sp³-hybridized carbons (Fsp3) is 0.241. The monoisotopic (exact) mass is 518 g/mol. The summed E-state index contributed by atoms with van der Waals surface area (Å²) in [6, 6.07) is 19.1. The number of allylic oxidation sites excluding steroid dienone is 6. The number of halogens is 6. The smallest absolute Gasteiger partial charge is 0.244 e. The minimum absolute atomic E-state index is 0.175. The van der Waals surface area contributed by atoms with Crippen molar-refractivity contribution in [3.05, 3.63) is 106 Å². The maximum atomic E-state index is 15.3. The zero-order valence-electron chi connectivity index (χ0n) is 19.7. The molecular formula is C29H24F6S. The number of hydrogen-bond acceptors (Lipinski definition) is 1. The Balaban J connectivity index is 2.01. The van der Waals surface area contributed by atoms with E-state index >= 15 is 17.6 Å². The third-order valence-corrected chi connectivity index (χ3v) is 7.31. The minimum atomic E-state index is -4.26. The van der Waals surface area contributed by atoms with Crippen molar-refractivity contribution in [1.29, 1.82) is 0 Å². The molecule has 188 valence electrons. The highest BCUT2D eigenvalue weighted by molar-refractivity contribution is 7.15. The summed E-state index contributed by atoms with van der Waals surface area (Å²) >= 11 is 1.14. The van der Waals surface area contributed by atoms with E-state index < -0.39 is 36.3 Å². The molecule has 0 unspecified atom stereocenters. The first-order chi connectivity index (χ1) is 17.1. The summed E-state index contributed by atoms with van der Waals surface area (Å²) < 4.78 is 88.7. The predicted molar refractivity (Wildman–Crippen MR) is 135 cm³/mol. The Hall–Kier alpha value is -3.06. The first kappa shape index (κ1) is 26.0. The number of hydrogen-bond donors (Lipinski definition) is 0. The van der Waals surface area contributed by atoms with Gasteiger partial charge in [0.25, 0.3) is 0 Å². The molecule has 0 nitrogen and oxygen atoms in total. The van der Waals surface area contributed by atoms with Crippen molar-refractivity contribution in [1.82, 2.24) is 0 Å². The van der Waals surface area contributed by atoms with Crippen molar-refractivity contribution in [3.8, 4) is 10.4 Å². The molecule has 0 spiro atoms. The number of rotatable bonds is 8. The van der Waals surface area contributed by atoms with Gasteiger partial charge in [-0.1, -0.05) is 72.3 Å². The molecule has 1 aliphatic carbocycles. The van der Waals surface area contributed by atoms with Crippen LogP contribution < -0.4 is 0 Å². The highest BCUT2D eigenvalue weighted by Crippen LogP contribution is 2.50. The van der Waals surface area contributed by atoms with E-state index in [9.17, 15) is 8.78 Å². The maximum Gasteiger partial charge on any atom is 0.302 e. The molecule has 4 rings (SSSR count). The van der Waals surface area contributed by atoms with Crippen LogP contribution in [0.1, 0.15) is 29.3 Å². The summed E-state index contributed by atoms with van der Waals surface area (Å²) in [7, 11) is 0. The number of benzene rings is 2. The van der Waals surface area contributed by atoms with E-state index in [1.54, 1.807) is 67.6 Å². The molecule has 7 heteroatoms. The van der Waals surface area contributed by atoms with Gasteiger partial charge in [-0.3, -0.25) is 0 Å². The van der Waals surface area contributed by atoms with Gasteiger partial charge in [0.1, 0.15) is 0 Å². The van der Waals surface area contributed by atoms with Crippen LogP contribution in [0.15, 0.2) is 89.5 Å². The predicted octanol–water partition coefficient (Wildman–Crippen LogP) is 9.49. The quantitative estimate of drug-likeness (QED) is 0.261. The average Bonchev–Trinajstić information content (AvgIpc) is 3.45. The Morgan fingerprint density at radius 1 is 0.778 bits per heavy atom. The molecule has 0 saturated carbocycles. The third-order valence-electron chi connectivity index (χ3n) is 6.21. The first-order valence-corrected chi connectivity index (χ1v) is 12.2. The molecule has 36 heavy (non-hydrogen) atoms. The summed E-state index contributed by atoms with van der Waals surface area (Å²) in [6.45, 7) is -1.30. The highest BCUT2D eigenvalue weighted by Gasteiger charge is 2.48. The summed E-state index contributed by atoms with van der Waals surface area (Å²) in [5.41, 5.74) is -0.212. The number of thiophene rings is 1. The lowest BCUT2D eigenvalue weighted by Gasteiger charge is -2.27. The van der Waals surface area contributed by atoms with Crippen LogP contribution in [-0.2, 0) is 0 Å². The van der Waals surface area contributed by atoms with Gasteiger partial charge < -0.3 is 0 Å². The van der Waals surface area contributed by atoms with Crippen LogP contribution in [0, 0.1) is 6.92 Å². The van der Waals surface area contributed by atoms with Gasteiger partial charge in [-0.2, -0.15) is 17.6 Å². The van der Waals surface area contributed by atoms with Crippen molar-refractivity contribution in [2.45, 2.75) is 32.1 Å². The molecule has 0 amide bonds. The van der Waals surface area contributed by atoms with Crippen LogP contribution in [0.4, 0.5) is 26.3 Å². The van der Waals surface area contributed by atoms with Crippen LogP contribution >= 0.6 is 11.3 Å². The molecule has 0 saturated heterocycles. The van der Waals surface area contributed by atoms with E-state index in [1.165, 1.54) is 19.1 Å². The van der Waals surface area contributed by atoms with Gasteiger partial charge in [0.15, 0.2) is 13.3 Å². The van der Waals surface area contributed by atoms with Gasteiger partial charge in [0.2, 0.25) is 0 Å². The molecule has 1 aromatic heterocycles. The summed E-state index contributed by atoms with van der Waals surface area (Å²) in [5, 5.41) is 0. The Labute approximate surface area is 210 Å². The fourth-order valence-corrected chi connectivity index (χ4v) is 5.52. The summed E-state index contributed by atoms with van der Waals surface area (Å²) in [4.78, 5) is 0.878. The lowest BCUT2D eigenvalue weighted by atomic mass is 9.86. The van der Waals surface area contributed by atoms with Gasteiger partial charge in [-0.15, -0.1) is 11.3 Å². The zero-order chi connectivity index (χ0) is 26.1. The van der Waals surface area contributed by atoms with Gasteiger partial charge in [0.05, 0.1) is 0 Å². The topological polar surface area (TPSA) is 0 Å². The molecule has 0 N–H and O–H groups in total. The lowest BCUT2D eigenvalue weighted by Crippen LogP contribution is -2.31. The first-order valence-electron chi connectivity index (χ1n) is 11.3. The number of aryl methyl sites for hydroxylation is 1. The molecule has 2 aromatic carbocycles. The second-order valence-electron chi connectivity index (χ2n) is 8.78. The van der Waals surface area contributed by atoms with Crippen molar-refractivity contribution in [2.24, 2.45) is 0 Å². The van der Waals surface area contributed by atoms with E-state index in [2.05, 4.69) is 0 Å². The second kappa shape index (κ2) is 10.1. The van der Waals surface area contributed by atoms with E-state index in [0.717, 1.165) is 16.9 Å². The van der Waals surface area contributed by atoms with Crippen molar-refractivity contribution >= 4 is 22.5 Å². The standard InChI is InChI=1S/C29H24F6S/c1-18-13-22(20-9-5-3-6-10-20)14-23(18)26(28(32,33)16-30)27(29(34,35)17-31)24-15-25(36-19(24)2)21-11-7-4-8-12-21/h3-12,14-15H,13,16-17H2,1-2H3. The number of alkyl halides is 6. The van der Waals surface area contributed by atoms with Gasteiger partial charge in [0, 0.05) is 20.9 Å². The largest absolute Gasteiger partial charge is 0.302 e.